The summed E-state index contributed by atoms with van der Waals surface area (Å²) < 4.78 is 0. The van der Waals surface area contributed by atoms with Crippen LogP contribution in [0.15, 0.2) is 30.3 Å². The topological polar surface area (TPSA) is 56.4 Å². The van der Waals surface area contributed by atoms with Gasteiger partial charge < -0.3 is 14.8 Å². The van der Waals surface area contributed by atoms with Crippen molar-refractivity contribution < 1.29 is 9.59 Å². The van der Waals surface area contributed by atoms with Crippen LogP contribution in [-0.2, 0) is 16.0 Å². The van der Waals surface area contributed by atoms with Crippen LogP contribution in [0.2, 0.25) is 0 Å². The van der Waals surface area contributed by atoms with E-state index in [1.165, 1.54) is 11.1 Å². The number of aromatic nitrogens is 1. The van der Waals surface area contributed by atoms with Crippen molar-refractivity contribution in [2.45, 2.75) is 41.0 Å². The van der Waals surface area contributed by atoms with E-state index in [1.54, 1.807) is 9.80 Å². The number of hydrogen-bond acceptors (Lipinski definition) is 2. The van der Waals surface area contributed by atoms with E-state index in [2.05, 4.69) is 37.0 Å². The van der Waals surface area contributed by atoms with E-state index in [1.807, 2.05) is 32.9 Å². The average molecular weight is 404 g/mol. The maximum Gasteiger partial charge on any atom is 0.246 e. The first-order valence-electron chi connectivity index (χ1n) is 10.5. The van der Waals surface area contributed by atoms with Crippen LogP contribution in [0.4, 0.5) is 5.69 Å². The minimum atomic E-state index is -0.0257. The summed E-state index contributed by atoms with van der Waals surface area (Å²) in [6.45, 7) is 11.5. The first-order valence-corrected chi connectivity index (χ1v) is 10.5. The van der Waals surface area contributed by atoms with Gasteiger partial charge in [0.25, 0.3) is 0 Å². The molecule has 2 amide bonds. The maximum atomic E-state index is 13.1. The molecule has 0 aliphatic carbocycles. The number of anilines is 1. The van der Waals surface area contributed by atoms with E-state index in [4.69, 9.17) is 0 Å². The van der Waals surface area contributed by atoms with Crippen molar-refractivity contribution in [3.8, 4) is 0 Å². The molecule has 1 N–H and O–H groups in total. The second-order valence-corrected chi connectivity index (χ2v) is 8.56. The van der Waals surface area contributed by atoms with Crippen molar-refractivity contribution in [3.63, 3.8) is 0 Å². The second kappa shape index (κ2) is 7.63. The smallest absolute Gasteiger partial charge is 0.246 e. The van der Waals surface area contributed by atoms with Crippen LogP contribution in [0.1, 0.15) is 33.5 Å². The molecule has 0 atom stereocenters. The third-order valence-corrected chi connectivity index (χ3v) is 6.11. The number of H-pyrrole nitrogens is 1. The average Bonchev–Trinajstić information content (AvgIpc) is 3.01. The van der Waals surface area contributed by atoms with Gasteiger partial charge >= 0.3 is 0 Å². The fourth-order valence-electron chi connectivity index (χ4n) is 4.56. The zero-order valence-corrected chi connectivity index (χ0v) is 18.4. The number of fused-ring (bicyclic) bond motifs is 1. The Bertz CT molecular complexity index is 1140. The highest BCUT2D eigenvalue weighted by molar-refractivity contribution is 5.99. The van der Waals surface area contributed by atoms with Crippen molar-refractivity contribution >= 4 is 28.4 Å². The predicted molar refractivity (Wildman–Crippen MR) is 121 cm³/mol. The number of hydrogen-bond donors (Lipinski definition) is 1. The molecule has 2 heterocycles. The summed E-state index contributed by atoms with van der Waals surface area (Å²) in [4.78, 5) is 32.9. The van der Waals surface area contributed by atoms with E-state index in [0.717, 1.165) is 39.0 Å². The number of rotatable bonds is 3. The number of aryl methyl sites for hydroxylation is 5. The lowest BCUT2D eigenvalue weighted by Crippen LogP contribution is -2.52. The highest BCUT2D eigenvalue weighted by Crippen LogP contribution is 2.29. The molecule has 1 saturated heterocycles. The summed E-state index contributed by atoms with van der Waals surface area (Å²) in [6, 6.07) is 10.4. The number of carbonyl (C=O) groups is 2. The zero-order chi connectivity index (χ0) is 21.6. The summed E-state index contributed by atoms with van der Waals surface area (Å²) in [5.74, 6) is -0.0180. The lowest BCUT2D eigenvalue weighted by molar-refractivity contribution is -0.136. The molecule has 0 radical (unpaired) electrons. The van der Waals surface area contributed by atoms with Crippen molar-refractivity contribution in [3.05, 3.63) is 63.8 Å². The Balaban J connectivity index is 1.53. The van der Waals surface area contributed by atoms with Crippen LogP contribution in [0, 0.1) is 34.6 Å². The summed E-state index contributed by atoms with van der Waals surface area (Å²) in [5.41, 5.74) is 8.70. The Hall–Kier alpha value is -3.08. The minimum Gasteiger partial charge on any atom is -0.358 e. The molecule has 2 aromatic carbocycles. The molecule has 3 aromatic rings. The Morgan fingerprint density at radius 2 is 1.63 bits per heavy atom. The fourth-order valence-corrected chi connectivity index (χ4v) is 4.56. The lowest BCUT2D eigenvalue weighted by Gasteiger charge is -2.34. The minimum absolute atomic E-state index is 0.00771. The molecular weight excluding hydrogens is 374 g/mol. The van der Waals surface area contributed by atoms with Gasteiger partial charge in [-0.25, -0.2) is 0 Å². The van der Waals surface area contributed by atoms with Crippen molar-refractivity contribution in [2.75, 3.05) is 24.5 Å². The van der Waals surface area contributed by atoms with Gasteiger partial charge in [-0.05, 0) is 74.6 Å². The van der Waals surface area contributed by atoms with Crippen LogP contribution < -0.4 is 4.90 Å². The molecule has 5 nitrogen and oxygen atoms in total. The maximum absolute atomic E-state index is 13.1. The summed E-state index contributed by atoms with van der Waals surface area (Å²) in [5, 5.41) is 1.14. The number of piperazine rings is 1. The van der Waals surface area contributed by atoms with Crippen LogP contribution in [0.5, 0.6) is 0 Å². The third kappa shape index (κ3) is 3.60. The van der Waals surface area contributed by atoms with Gasteiger partial charge in [0, 0.05) is 35.4 Å². The number of aromatic amines is 1. The van der Waals surface area contributed by atoms with Crippen LogP contribution in [-0.4, -0.2) is 41.3 Å². The number of nitrogens with one attached hydrogen (secondary N) is 1. The molecule has 1 fully saturated rings. The molecule has 1 aliphatic rings. The predicted octanol–water partition coefficient (Wildman–Crippen LogP) is 4.13. The zero-order valence-electron chi connectivity index (χ0n) is 18.4. The molecule has 5 heteroatoms. The Labute approximate surface area is 177 Å². The molecule has 156 valence electrons. The quantitative estimate of drug-likeness (QED) is 0.715. The Morgan fingerprint density at radius 3 is 2.30 bits per heavy atom. The van der Waals surface area contributed by atoms with E-state index in [0.29, 0.717) is 19.5 Å². The molecule has 1 aliphatic heterocycles. The van der Waals surface area contributed by atoms with Gasteiger partial charge in [0.05, 0.1) is 6.42 Å². The summed E-state index contributed by atoms with van der Waals surface area (Å²) >= 11 is 0. The molecular formula is C25H29N3O2. The van der Waals surface area contributed by atoms with Crippen LogP contribution >= 0.6 is 0 Å². The first kappa shape index (κ1) is 20.2. The molecule has 4 rings (SSSR count). The van der Waals surface area contributed by atoms with Crippen LogP contribution in [0.3, 0.4) is 0 Å². The molecule has 30 heavy (non-hydrogen) atoms. The SMILES string of the molecule is Cc1cc(C)cc(N2CCN(C(=O)Cc3c(C)[nH]c4c(C)ccc(C)c34)CC2=O)c1. The third-order valence-electron chi connectivity index (χ3n) is 6.11. The molecule has 0 bridgehead atoms. The largest absolute Gasteiger partial charge is 0.358 e. The highest BCUT2D eigenvalue weighted by atomic mass is 16.2. The normalized spacial score (nSPS) is 14.6. The van der Waals surface area contributed by atoms with Crippen LogP contribution in [0.25, 0.3) is 10.9 Å². The van der Waals surface area contributed by atoms with E-state index < -0.39 is 0 Å². The monoisotopic (exact) mass is 403 g/mol. The number of nitrogens with zero attached hydrogens (tertiary/aromatic N) is 2. The second-order valence-electron chi connectivity index (χ2n) is 8.56. The number of amides is 2. The van der Waals surface area contributed by atoms with Gasteiger partial charge in [0.15, 0.2) is 0 Å². The van der Waals surface area contributed by atoms with Gasteiger partial charge in [-0.1, -0.05) is 18.2 Å². The van der Waals surface area contributed by atoms with E-state index >= 15 is 0 Å². The van der Waals surface area contributed by atoms with Gasteiger partial charge in [0.1, 0.15) is 6.54 Å². The van der Waals surface area contributed by atoms with Gasteiger partial charge in [-0.3, -0.25) is 9.59 Å². The molecule has 1 aromatic heterocycles. The van der Waals surface area contributed by atoms with E-state index in [-0.39, 0.29) is 18.4 Å². The van der Waals surface area contributed by atoms with Crippen molar-refractivity contribution in [1.82, 2.24) is 9.88 Å². The molecule has 0 saturated carbocycles. The standard InChI is InChI=1S/C25H29N3O2/c1-15-10-16(2)12-20(11-15)28-9-8-27(14-23(28)30)22(29)13-21-19(5)26-25-18(4)7-6-17(3)24(21)25/h6-7,10-12,26H,8-9,13-14H2,1-5H3. The van der Waals surface area contributed by atoms with Gasteiger partial charge in [-0.2, -0.15) is 0 Å². The Morgan fingerprint density at radius 1 is 0.967 bits per heavy atom. The highest BCUT2D eigenvalue weighted by Gasteiger charge is 2.29. The van der Waals surface area contributed by atoms with Gasteiger partial charge in [-0.15, -0.1) is 0 Å². The summed E-state index contributed by atoms with van der Waals surface area (Å²) in [7, 11) is 0. The lowest BCUT2D eigenvalue weighted by atomic mass is 10.0. The first-order chi connectivity index (χ1) is 14.2. The Kier molecular flexibility index (Phi) is 5.14. The fraction of sp³-hybridized carbons (Fsp3) is 0.360. The molecule has 0 unspecified atom stereocenters. The van der Waals surface area contributed by atoms with Gasteiger partial charge in [0.2, 0.25) is 11.8 Å². The molecule has 0 spiro atoms. The summed E-state index contributed by atoms with van der Waals surface area (Å²) in [6.07, 6.45) is 0.312. The van der Waals surface area contributed by atoms with E-state index in [9.17, 15) is 9.59 Å². The van der Waals surface area contributed by atoms with Crippen molar-refractivity contribution in [1.29, 1.82) is 0 Å². The van der Waals surface area contributed by atoms with Crippen molar-refractivity contribution in [2.24, 2.45) is 0 Å². The number of carbonyl (C=O) groups excluding carboxylic acids is 2. The number of benzene rings is 2.